The molecule has 0 radical (unpaired) electrons. The number of nitrogen functional groups attached to an aromatic ring is 1. The Hall–Kier alpha value is -2.66. The summed E-state index contributed by atoms with van der Waals surface area (Å²) < 4.78 is 1.25. The number of nitrogens with zero attached hydrogens (tertiary/aromatic N) is 3. The van der Waals surface area contributed by atoms with Crippen molar-refractivity contribution in [2.45, 2.75) is 44.7 Å². The van der Waals surface area contributed by atoms with Crippen molar-refractivity contribution in [3.63, 3.8) is 0 Å². The summed E-state index contributed by atoms with van der Waals surface area (Å²) in [7, 11) is 0. The number of thiazole rings is 1. The maximum Gasteiger partial charge on any atom is 0.0813 e. The summed E-state index contributed by atoms with van der Waals surface area (Å²) in [5.41, 5.74) is 13.1. The van der Waals surface area contributed by atoms with Gasteiger partial charge in [-0.1, -0.05) is 25.3 Å². The third-order valence-corrected chi connectivity index (χ3v) is 6.56. The minimum absolute atomic E-state index is 0.572. The number of fused-ring (bicyclic) bond motifs is 2. The van der Waals surface area contributed by atoms with Gasteiger partial charge >= 0.3 is 0 Å². The number of rotatable bonds is 4. The van der Waals surface area contributed by atoms with E-state index in [9.17, 15) is 0 Å². The van der Waals surface area contributed by atoms with Crippen LogP contribution in [0.15, 0.2) is 54.0 Å². The van der Waals surface area contributed by atoms with E-state index in [4.69, 9.17) is 10.7 Å². The third-order valence-electron chi connectivity index (χ3n) is 5.77. The molecule has 0 amide bonds. The number of aromatic nitrogens is 2. The Morgan fingerprint density at radius 1 is 0.964 bits per heavy atom. The van der Waals surface area contributed by atoms with Crippen LogP contribution in [0, 0.1) is 0 Å². The largest absolute Gasteiger partial charge is 0.399 e. The molecule has 0 atom stereocenters. The summed E-state index contributed by atoms with van der Waals surface area (Å²) >= 11 is 1.71. The molecule has 5 heteroatoms. The van der Waals surface area contributed by atoms with E-state index >= 15 is 0 Å². The highest BCUT2D eigenvalue weighted by Crippen LogP contribution is 2.32. The fraction of sp³-hybridized carbons (Fsp3) is 0.304. The maximum atomic E-state index is 5.91. The molecule has 0 aliphatic heterocycles. The number of hydrogen-bond acceptors (Lipinski definition) is 5. The average Bonchev–Trinajstić information content (AvgIpc) is 3.20. The molecule has 4 nitrogen and oxygen atoms in total. The second-order valence-corrected chi connectivity index (χ2v) is 8.57. The van der Waals surface area contributed by atoms with Gasteiger partial charge in [0.25, 0.3) is 0 Å². The van der Waals surface area contributed by atoms with Gasteiger partial charge in [0.1, 0.15) is 0 Å². The summed E-state index contributed by atoms with van der Waals surface area (Å²) in [6.07, 6.45) is 6.49. The summed E-state index contributed by atoms with van der Waals surface area (Å²) in [5, 5.41) is 1.10. The van der Waals surface area contributed by atoms with Crippen LogP contribution in [0.2, 0.25) is 0 Å². The first-order chi connectivity index (χ1) is 13.8. The Morgan fingerprint density at radius 2 is 1.82 bits per heavy atom. The number of pyridine rings is 1. The first-order valence-corrected chi connectivity index (χ1v) is 10.9. The Morgan fingerprint density at radius 3 is 2.71 bits per heavy atom. The van der Waals surface area contributed by atoms with Gasteiger partial charge in [-0.3, -0.25) is 4.98 Å². The Bertz CT molecular complexity index is 1110. The van der Waals surface area contributed by atoms with E-state index in [1.807, 2.05) is 23.7 Å². The molecule has 0 saturated heterocycles. The molecule has 1 aliphatic rings. The molecular formula is C23H24N4S. The highest BCUT2D eigenvalue weighted by atomic mass is 32.1. The lowest BCUT2D eigenvalue weighted by Crippen LogP contribution is -2.36. The molecule has 1 fully saturated rings. The number of nitrogens with two attached hydrogens (primary N) is 1. The van der Waals surface area contributed by atoms with Crippen molar-refractivity contribution in [1.82, 2.24) is 9.97 Å². The lowest BCUT2D eigenvalue weighted by molar-refractivity contribution is 0.412. The van der Waals surface area contributed by atoms with Gasteiger partial charge in [0.05, 0.1) is 33.5 Å². The maximum absolute atomic E-state index is 5.91. The zero-order valence-electron chi connectivity index (χ0n) is 15.8. The standard InChI is InChI=1S/C23H24N4S/c24-17-7-10-21-16(12-17)6-8-18(26-21)14-27(19-4-2-1-3-5-19)20-9-11-22-23(13-20)28-15-25-22/h6-13,15,19H,1-5,14,24H2. The summed E-state index contributed by atoms with van der Waals surface area (Å²) in [5.74, 6) is 0. The minimum atomic E-state index is 0.572. The van der Waals surface area contributed by atoms with E-state index < -0.39 is 0 Å². The monoisotopic (exact) mass is 388 g/mol. The first kappa shape index (κ1) is 17.4. The summed E-state index contributed by atoms with van der Waals surface area (Å²) in [6.45, 7) is 0.829. The van der Waals surface area contributed by atoms with E-state index in [1.54, 1.807) is 11.3 Å². The van der Waals surface area contributed by atoms with Gasteiger partial charge in [0, 0.05) is 22.8 Å². The van der Waals surface area contributed by atoms with Gasteiger partial charge in [-0.25, -0.2) is 4.98 Å². The number of benzene rings is 2. The van der Waals surface area contributed by atoms with E-state index in [2.05, 4.69) is 40.2 Å². The highest BCUT2D eigenvalue weighted by Gasteiger charge is 2.22. The third kappa shape index (κ3) is 3.42. The van der Waals surface area contributed by atoms with Crippen LogP contribution in [-0.2, 0) is 6.54 Å². The molecule has 2 aromatic carbocycles. The van der Waals surface area contributed by atoms with Gasteiger partial charge in [-0.15, -0.1) is 11.3 Å². The van der Waals surface area contributed by atoms with Crippen molar-refractivity contribution >= 4 is 43.8 Å². The fourth-order valence-corrected chi connectivity index (χ4v) is 5.01. The summed E-state index contributed by atoms with van der Waals surface area (Å²) in [4.78, 5) is 11.9. The van der Waals surface area contributed by atoms with Crippen molar-refractivity contribution in [1.29, 1.82) is 0 Å². The molecule has 2 heterocycles. The zero-order valence-corrected chi connectivity index (χ0v) is 16.7. The SMILES string of the molecule is Nc1ccc2nc(CN(c3ccc4ncsc4c3)C3CCCCC3)ccc2c1. The van der Waals surface area contributed by atoms with E-state index in [0.29, 0.717) is 6.04 Å². The predicted molar refractivity (Wildman–Crippen MR) is 119 cm³/mol. The van der Waals surface area contributed by atoms with Gasteiger partial charge in [-0.05, 0) is 55.3 Å². The van der Waals surface area contributed by atoms with Crippen molar-refractivity contribution < 1.29 is 0 Å². The highest BCUT2D eigenvalue weighted by molar-refractivity contribution is 7.16. The molecule has 2 aromatic heterocycles. The van der Waals surface area contributed by atoms with Crippen LogP contribution < -0.4 is 10.6 Å². The lowest BCUT2D eigenvalue weighted by Gasteiger charge is -2.36. The molecule has 2 N–H and O–H groups in total. The van der Waals surface area contributed by atoms with Crippen LogP contribution in [0.5, 0.6) is 0 Å². The van der Waals surface area contributed by atoms with Crippen LogP contribution >= 0.6 is 11.3 Å². The Labute approximate surface area is 169 Å². The predicted octanol–water partition coefficient (Wildman–Crippen LogP) is 5.77. The van der Waals surface area contributed by atoms with Crippen molar-refractivity contribution in [3.8, 4) is 0 Å². The topological polar surface area (TPSA) is 55.0 Å². The van der Waals surface area contributed by atoms with Crippen molar-refractivity contribution in [3.05, 3.63) is 59.7 Å². The quantitative estimate of drug-likeness (QED) is 0.451. The van der Waals surface area contributed by atoms with E-state index in [0.717, 1.165) is 34.3 Å². The van der Waals surface area contributed by atoms with Gasteiger partial charge in [0.15, 0.2) is 0 Å². The van der Waals surface area contributed by atoms with Gasteiger partial charge in [0.2, 0.25) is 0 Å². The normalized spacial score (nSPS) is 15.3. The average molecular weight is 389 g/mol. The van der Waals surface area contributed by atoms with Crippen LogP contribution in [0.1, 0.15) is 37.8 Å². The van der Waals surface area contributed by atoms with Crippen molar-refractivity contribution in [2.75, 3.05) is 10.6 Å². The van der Waals surface area contributed by atoms with Gasteiger partial charge < -0.3 is 10.6 Å². The molecule has 0 bridgehead atoms. The molecule has 4 aromatic rings. The van der Waals surface area contributed by atoms with Crippen molar-refractivity contribution in [2.24, 2.45) is 0 Å². The molecule has 0 spiro atoms. The molecule has 5 rings (SSSR count). The molecule has 1 aliphatic carbocycles. The van der Waals surface area contributed by atoms with Crippen LogP contribution in [0.25, 0.3) is 21.1 Å². The first-order valence-electron chi connectivity index (χ1n) is 10.0. The summed E-state index contributed by atoms with van der Waals surface area (Å²) in [6, 6.07) is 17.4. The minimum Gasteiger partial charge on any atom is -0.399 e. The second kappa shape index (κ2) is 7.40. The van der Waals surface area contributed by atoms with E-state index in [-0.39, 0.29) is 0 Å². The van der Waals surface area contributed by atoms with Crippen LogP contribution in [0.4, 0.5) is 11.4 Å². The zero-order chi connectivity index (χ0) is 18.9. The van der Waals surface area contributed by atoms with Crippen LogP contribution in [-0.4, -0.2) is 16.0 Å². The lowest BCUT2D eigenvalue weighted by atomic mass is 9.93. The Kier molecular flexibility index (Phi) is 4.61. The van der Waals surface area contributed by atoms with E-state index in [1.165, 1.54) is 42.5 Å². The molecular weight excluding hydrogens is 364 g/mol. The Balaban J connectivity index is 1.51. The van der Waals surface area contributed by atoms with Gasteiger partial charge in [-0.2, -0.15) is 0 Å². The molecule has 28 heavy (non-hydrogen) atoms. The molecule has 1 saturated carbocycles. The smallest absolute Gasteiger partial charge is 0.0813 e. The number of anilines is 2. The number of hydrogen-bond donors (Lipinski definition) is 1. The molecule has 0 unspecified atom stereocenters. The van der Waals surface area contributed by atoms with Crippen LogP contribution in [0.3, 0.4) is 0 Å². The second-order valence-electron chi connectivity index (χ2n) is 7.68. The molecule has 142 valence electrons. The fourth-order valence-electron chi connectivity index (χ4n) is 4.30.